The molecule has 138 valence electrons. The Morgan fingerprint density at radius 2 is 2.19 bits per heavy atom. The maximum absolute atomic E-state index is 13.6. The molecule has 0 amide bonds. The van der Waals surface area contributed by atoms with Crippen LogP contribution in [0.5, 0.6) is 0 Å². The summed E-state index contributed by atoms with van der Waals surface area (Å²) < 4.78 is 46.9. The van der Waals surface area contributed by atoms with Crippen LogP contribution in [-0.2, 0) is 14.2 Å². The van der Waals surface area contributed by atoms with Crippen LogP contribution in [0.25, 0.3) is 11.0 Å². The second kappa shape index (κ2) is 5.45. The number of ether oxygens (including phenoxy) is 3. The Morgan fingerprint density at radius 3 is 2.96 bits per heavy atom. The van der Waals surface area contributed by atoms with Gasteiger partial charge in [-0.1, -0.05) is 18.2 Å². The van der Waals surface area contributed by atoms with Crippen molar-refractivity contribution >= 4 is 22.6 Å². The van der Waals surface area contributed by atoms with Crippen molar-refractivity contribution in [2.45, 2.75) is 56.5 Å². The maximum atomic E-state index is 13.6. The van der Waals surface area contributed by atoms with Gasteiger partial charge in [0.1, 0.15) is 34.9 Å². The standard InChI is InChI=1S/C17H16ClF2N3O3/c1-7-3-4-17-11(7)25-16(12(17)24-8(2)26-17)23-5-9(14(19)20)10-13(18)21-6-22-15(10)23/h5-6,8,11-12,14,16H,1,3-4H2,2H3/t8?,11-,12+,16-,17-/m1/s1. The predicted octanol–water partition coefficient (Wildman–Crippen LogP) is 3.77. The van der Waals surface area contributed by atoms with E-state index in [2.05, 4.69) is 16.5 Å². The minimum atomic E-state index is -2.72. The van der Waals surface area contributed by atoms with E-state index in [9.17, 15) is 8.78 Å². The highest BCUT2D eigenvalue weighted by Gasteiger charge is 2.66. The van der Waals surface area contributed by atoms with E-state index in [-0.39, 0.29) is 27.9 Å². The van der Waals surface area contributed by atoms with Crippen LogP contribution in [0.15, 0.2) is 24.7 Å². The van der Waals surface area contributed by atoms with Crippen LogP contribution < -0.4 is 0 Å². The van der Waals surface area contributed by atoms with Gasteiger partial charge in [-0.05, 0) is 25.3 Å². The normalized spacial score (nSPS) is 36.3. The summed E-state index contributed by atoms with van der Waals surface area (Å²) >= 11 is 6.07. The molecular weight excluding hydrogens is 368 g/mol. The molecule has 3 fully saturated rings. The maximum Gasteiger partial charge on any atom is 0.266 e. The van der Waals surface area contributed by atoms with Crippen molar-refractivity contribution in [1.29, 1.82) is 0 Å². The molecule has 0 N–H and O–H groups in total. The van der Waals surface area contributed by atoms with Gasteiger partial charge in [0.25, 0.3) is 6.43 Å². The van der Waals surface area contributed by atoms with Gasteiger partial charge in [-0.15, -0.1) is 0 Å². The summed E-state index contributed by atoms with van der Waals surface area (Å²) in [5.74, 6) is 0. The van der Waals surface area contributed by atoms with Crippen molar-refractivity contribution in [2.24, 2.45) is 0 Å². The molecule has 2 aliphatic heterocycles. The number of fused-ring (bicyclic) bond motifs is 1. The van der Waals surface area contributed by atoms with Crippen LogP contribution in [-0.4, -0.2) is 38.6 Å². The fourth-order valence-electron chi connectivity index (χ4n) is 4.48. The molecule has 5 atom stereocenters. The second-order valence-corrected chi connectivity index (χ2v) is 7.28. The molecule has 1 spiro atoms. The van der Waals surface area contributed by atoms with Gasteiger partial charge in [0.15, 0.2) is 12.5 Å². The fraction of sp³-hybridized carbons (Fsp3) is 0.529. The number of hydrogen-bond donors (Lipinski definition) is 0. The molecule has 0 radical (unpaired) electrons. The molecule has 2 aromatic heterocycles. The first-order valence-corrected chi connectivity index (χ1v) is 8.75. The highest BCUT2D eigenvalue weighted by atomic mass is 35.5. The molecule has 5 rings (SSSR count). The van der Waals surface area contributed by atoms with E-state index in [1.807, 2.05) is 6.92 Å². The minimum Gasteiger partial charge on any atom is -0.344 e. The van der Waals surface area contributed by atoms with Gasteiger partial charge in [0.05, 0.1) is 5.39 Å². The highest BCUT2D eigenvalue weighted by Crippen LogP contribution is 2.56. The Kier molecular flexibility index (Phi) is 3.47. The smallest absolute Gasteiger partial charge is 0.266 e. The number of rotatable bonds is 2. The summed E-state index contributed by atoms with van der Waals surface area (Å²) in [5, 5.41) is 0.114. The van der Waals surface area contributed by atoms with E-state index in [1.54, 1.807) is 4.57 Å². The fourth-order valence-corrected chi connectivity index (χ4v) is 4.72. The number of nitrogens with zero attached hydrogens (tertiary/aromatic N) is 3. The van der Waals surface area contributed by atoms with Gasteiger partial charge in [-0.25, -0.2) is 18.7 Å². The first-order chi connectivity index (χ1) is 12.4. The monoisotopic (exact) mass is 383 g/mol. The van der Waals surface area contributed by atoms with Crippen molar-refractivity contribution in [1.82, 2.24) is 14.5 Å². The first kappa shape index (κ1) is 16.6. The Labute approximate surface area is 152 Å². The lowest BCUT2D eigenvalue weighted by atomic mass is 9.94. The summed E-state index contributed by atoms with van der Waals surface area (Å²) in [7, 11) is 0. The molecule has 1 unspecified atom stereocenters. The average Bonchev–Trinajstić information content (AvgIpc) is 3.27. The third-order valence-corrected chi connectivity index (χ3v) is 5.78. The van der Waals surface area contributed by atoms with E-state index in [4.69, 9.17) is 25.8 Å². The van der Waals surface area contributed by atoms with Crippen molar-refractivity contribution in [3.63, 3.8) is 0 Å². The Hall–Kier alpha value is -1.61. The SMILES string of the molecule is C=C1CC[C@]23OC(C)O[C@H]2[C@H](n2cc(C(F)F)c4c(Cl)ncnc42)O[C@H]13. The molecule has 9 heteroatoms. The van der Waals surface area contributed by atoms with E-state index >= 15 is 0 Å². The number of halogens is 3. The molecule has 2 saturated heterocycles. The van der Waals surface area contributed by atoms with Crippen LogP contribution >= 0.6 is 11.6 Å². The molecule has 0 bridgehead atoms. The molecule has 1 aliphatic carbocycles. The van der Waals surface area contributed by atoms with E-state index in [1.165, 1.54) is 12.5 Å². The van der Waals surface area contributed by atoms with Crippen molar-refractivity contribution in [3.8, 4) is 0 Å². The van der Waals surface area contributed by atoms with Gasteiger partial charge >= 0.3 is 0 Å². The summed E-state index contributed by atoms with van der Waals surface area (Å²) in [6.45, 7) is 5.90. The third-order valence-electron chi connectivity index (χ3n) is 5.49. The second-order valence-electron chi connectivity index (χ2n) is 6.92. The van der Waals surface area contributed by atoms with Crippen LogP contribution in [0.4, 0.5) is 8.78 Å². The van der Waals surface area contributed by atoms with Gasteiger partial charge in [-0.3, -0.25) is 0 Å². The molecule has 3 aliphatic rings. The molecule has 6 nitrogen and oxygen atoms in total. The molecule has 26 heavy (non-hydrogen) atoms. The van der Waals surface area contributed by atoms with Gasteiger partial charge < -0.3 is 18.8 Å². The lowest BCUT2D eigenvalue weighted by Gasteiger charge is -2.24. The van der Waals surface area contributed by atoms with Crippen molar-refractivity contribution in [3.05, 3.63) is 35.4 Å². The molecule has 2 aromatic rings. The third kappa shape index (κ3) is 2.01. The largest absolute Gasteiger partial charge is 0.344 e. The van der Waals surface area contributed by atoms with Crippen molar-refractivity contribution < 1.29 is 23.0 Å². The van der Waals surface area contributed by atoms with E-state index in [0.717, 1.165) is 18.4 Å². The highest BCUT2D eigenvalue weighted by molar-refractivity contribution is 6.34. The lowest BCUT2D eigenvalue weighted by Crippen LogP contribution is -2.42. The van der Waals surface area contributed by atoms with Crippen molar-refractivity contribution in [2.75, 3.05) is 0 Å². The summed E-state index contributed by atoms with van der Waals surface area (Å²) in [5.41, 5.74) is 0.341. The van der Waals surface area contributed by atoms with Gasteiger partial charge in [0, 0.05) is 11.8 Å². The first-order valence-electron chi connectivity index (χ1n) is 8.38. The summed E-state index contributed by atoms with van der Waals surface area (Å²) in [6, 6.07) is 0. The number of hydrogen-bond acceptors (Lipinski definition) is 5. The molecule has 0 aromatic carbocycles. The zero-order valence-corrected chi connectivity index (χ0v) is 14.6. The average molecular weight is 384 g/mol. The van der Waals surface area contributed by atoms with E-state index in [0.29, 0.717) is 0 Å². The Morgan fingerprint density at radius 1 is 1.38 bits per heavy atom. The topological polar surface area (TPSA) is 58.4 Å². The Balaban J connectivity index is 1.67. The zero-order valence-electron chi connectivity index (χ0n) is 13.9. The van der Waals surface area contributed by atoms with E-state index < -0.39 is 30.6 Å². The Bertz CT molecular complexity index is 920. The predicted molar refractivity (Wildman–Crippen MR) is 87.9 cm³/mol. The van der Waals surface area contributed by atoms with Gasteiger partial charge in [0.2, 0.25) is 0 Å². The lowest BCUT2D eigenvalue weighted by molar-refractivity contribution is -0.141. The summed E-state index contributed by atoms with van der Waals surface area (Å²) in [6.07, 6.45) is -0.501. The van der Waals surface area contributed by atoms with Crippen LogP contribution in [0.2, 0.25) is 5.15 Å². The number of aromatic nitrogens is 3. The zero-order chi connectivity index (χ0) is 18.2. The molecular formula is C17H16ClF2N3O3. The molecule has 1 saturated carbocycles. The minimum absolute atomic E-state index is 0.0154. The van der Waals surface area contributed by atoms with Crippen LogP contribution in [0.3, 0.4) is 0 Å². The van der Waals surface area contributed by atoms with Gasteiger partial charge in [-0.2, -0.15) is 0 Å². The van der Waals surface area contributed by atoms with Crippen LogP contribution in [0.1, 0.15) is 38.0 Å². The number of alkyl halides is 2. The molecule has 4 heterocycles. The van der Waals surface area contributed by atoms with Crippen LogP contribution in [0, 0.1) is 0 Å². The quantitative estimate of drug-likeness (QED) is 0.583. The summed E-state index contributed by atoms with van der Waals surface area (Å²) in [4.78, 5) is 8.00.